The van der Waals surface area contributed by atoms with E-state index < -0.39 is 12.2 Å². The molecule has 1 saturated carbocycles. The first-order chi connectivity index (χ1) is 14.4. The Bertz CT molecular complexity index is 943. The number of hydrogen-bond donors (Lipinski definition) is 3. The van der Waals surface area contributed by atoms with Gasteiger partial charge in [-0.05, 0) is 61.1 Å². The van der Waals surface area contributed by atoms with Crippen molar-refractivity contribution in [2.24, 2.45) is 0 Å². The Morgan fingerprint density at radius 2 is 2.03 bits per heavy atom. The lowest BCUT2D eigenvalue weighted by Gasteiger charge is -2.35. The second-order valence-corrected chi connectivity index (χ2v) is 9.43. The van der Waals surface area contributed by atoms with Crippen molar-refractivity contribution in [3.63, 3.8) is 0 Å². The van der Waals surface area contributed by atoms with Crippen LogP contribution in [0, 0.1) is 0 Å². The van der Waals surface area contributed by atoms with Gasteiger partial charge in [0.05, 0.1) is 36.6 Å². The van der Waals surface area contributed by atoms with Gasteiger partial charge in [-0.2, -0.15) is 0 Å². The molecule has 160 valence electrons. The smallest absolute Gasteiger partial charge is 0.143 e. The van der Waals surface area contributed by atoms with Gasteiger partial charge in [-0.25, -0.2) is 0 Å². The van der Waals surface area contributed by atoms with Crippen LogP contribution in [-0.2, 0) is 11.2 Å². The van der Waals surface area contributed by atoms with Crippen molar-refractivity contribution in [2.45, 2.75) is 69.0 Å². The molecule has 0 bridgehead atoms. The molecule has 4 unspecified atom stereocenters. The maximum absolute atomic E-state index is 10.2. The molecule has 6 heteroatoms. The van der Waals surface area contributed by atoms with Gasteiger partial charge in [0.2, 0.25) is 0 Å². The quantitative estimate of drug-likeness (QED) is 0.678. The molecule has 3 aliphatic rings. The third-order valence-electron chi connectivity index (χ3n) is 6.48. The maximum atomic E-state index is 10.2. The molecule has 0 radical (unpaired) electrons. The summed E-state index contributed by atoms with van der Waals surface area (Å²) in [6.07, 6.45) is 2.21. The van der Waals surface area contributed by atoms with Crippen molar-refractivity contribution in [3.8, 4) is 5.75 Å². The summed E-state index contributed by atoms with van der Waals surface area (Å²) in [7, 11) is 0. The van der Waals surface area contributed by atoms with E-state index in [0.29, 0.717) is 24.3 Å². The van der Waals surface area contributed by atoms with Crippen LogP contribution in [0.4, 0.5) is 5.69 Å². The fraction of sp³-hybridized carbons (Fsp3) is 0.500. The molecular formula is C24H28ClNO4. The molecule has 5 nitrogen and oxygen atoms in total. The number of aliphatic hydroxyl groups excluding tert-OH is 2. The van der Waals surface area contributed by atoms with Crippen molar-refractivity contribution >= 4 is 17.3 Å². The van der Waals surface area contributed by atoms with E-state index in [0.717, 1.165) is 47.5 Å². The third kappa shape index (κ3) is 4.04. The Kier molecular flexibility index (Phi) is 5.18. The molecule has 2 fully saturated rings. The van der Waals surface area contributed by atoms with Crippen LogP contribution in [0.3, 0.4) is 0 Å². The Labute approximate surface area is 182 Å². The Balaban J connectivity index is 1.35. The van der Waals surface area contributed by atoms with E-state index in [1.807, 2.05) is 18.2 Å². The molecule has 5 rings (SSSR count). The molecule has 0 aromatic heterocycles. The molecule has 2 aliphatic heterocycles. The molecule has 0 amide bonds. The van der Waals surface area contributed by atoms with Crippen molar-refractivity contribution in [2.75, 3.05) is 11.9 Å². The van der Waals surface area contributed by atoms with Gasteiger partial charge in [-0.3, -0.25) is 0 Å². The molecule has 2 aromatic carbocycles. The van der Waals surface area contributed by atoms with Gasteiger partial charge >= 0.3 is 0 Å². The van der Waals surface area contributed by atoms with Crippen molar-refractivity contribution in [1.82, 2.24) is 0 Å². The van der Waals surface area contributed by atoms with Crippen molar-refractivity contribution < 1.29 is 19.7 Å². The van der Waals surface area contributed by atoms with Crippen LogP contribution in [0.25, 0.3) is 0 Å². The summed E-state index contributed by atoms with van der Waals surface area (Å²) in [6, 6.07) is 12.2. The van der Waals surface area contributed by atoms with E-state index in [1.165, 1.54) is 0 Å². The van der Waals surface area contributed by atoms with E-state index in [-0.39, 0.29) is 17.8 Å². The summed E-state index contributed by atoms with van der Waals surface area (Å²) in [5.41, 5.74) is 4.22. The highest BCUT2D eigenvalue weighted by molar-refractivity contribution is 6.31. The molecule has 4 atom stereocenters. The van der Waals surface area contributed by atoms with E-state index in [2.05, 4.69) is 23.5 Å². The lowest BCUT2D eigenvalue weighted by atomic mass is 9.92. The maximum Gasteiger partial charge on any atom is 0.143 e. The number of ether oxygens (including phenoxy) is 2. The van der Waals surface area contributed by atoms with Gasteiger partial charge in [0, 0.05) is 17.9 Å². The van der Waals surface area contributed by atoms with Gasteiger partial charge in [-0.1, -0.05) is 29.8 Å². The third-order valence-corrected chi connectivity index (χ3v) is 6.85. The summed E-state index contributed by atoms with van der Waals surface area (Å²) in [5, 5.41) is 24.4. The van der Waals surface area contributed by atoms with E-state index in [4.69, 9.17) is 21.1 Å². The zero-order valence-electron chi connectivity index (χ0n) is 17.1. The summed E-state index contributed by atoms with van der Waals surface area (Å²) >= 11 is 6.51. The first-order valence-corrected chi connectivity index (χ1v) is 11.1. The normalized spacial score (nSPS) is 27.7. The minimum atomic E-state index is -0.616. The van der Waals surface area contributed by atoms with Crippen LogP contribution in [0.15, 0.2) is 36.4 Å². The minimum absolute atomic E-state index is 0.0284. The Hall–Kier alpha value is -1.79. The largest absolute Gasteiger partial charge is 0.483 e. The first-order valence-electron chi connectivity index (χ1n) is 10.8. The summed E-state index contributed by atoms with van der Waals surface area (Å²) in [4.78, 5) is 0. The van der Waals surface area contributed by atoms with E-state index in [1.54, 1.807) is 6.92 Å². The van der Waals surface area contributed by atoms with Crippen LogP contribution in [-0.4, -0.2) is 40.7 Å². The molecule has 1 spiro atoms. The predicted molar refractivity (Wildman–Crippen MR) is 116 cm³/mol. The fourth-order valence-electron chi connectivity index (χ4n) is 4.47. The molecular weight excluding hydrogens is 402 g/mol. The number of benzene rings is 2. The molecule has 3 N–H and O–H groups in total. The number of nitrogens with one attached hydrogen (secondary N) is 1. The van der Waals surface area contributed by atoms with Crippen molar-refractivity contribution in [1.29, 1.82) is 0 Å². The van der Waals surface area contributed by atoms with Gasteiger partial charge in [0.15, 0.2) is 0 Å². The van der Waals surface area contributed by atoms with Crippen LogP contribution in [0.5, 0.6) is 5.75 Å². The number of rotatable bonds is 4. The number of anilines is 1. The predicted octanol–water partition coefficient (Wildman–Crippen LogP) is 4.23. The van der Waals surface area contributed by atoms with Gasteiger partial charge < -0.3 is 25.0 Å². The van der Waals surface area contributed by atoms with Crippen LogP contribution >= 0.6 is 11.6 Å². The SMILES string of the molecule is CC(O)C1CC(O)CC(c2ccc(Cl)c(Cc3ccc4c(c3)NCC3(CC3)O4)c2)O1. The minimum Gasteiger partial charge on any atom is -0.483 e. The Morgan fingerprint density at radius 1 is 1.20 bits per heavy atom. The zero-order chi connectivity index (χ0) is 20.9. The standard InChI is InChI=1S/C24H28ClNO4/c1-14(27)22-11-18(28)12-23(29-22)16-3-4-19(25)17(10-16)8-15-2-5-21-20(9-15)26-13-24(30-21)6-7-24/h2-5,9-10,14,18,22-23,26-28H,6-8,11-13H2,1H3. The average Bonchev–Trinajstić information content (AvgIpc) is 3.48. The second-order valence-electron chi connectivity index (χ2n) is 9.03. The van der Waals surface area contributed by atoms with Crippen molar-refractivity contribution in [3.05, 3.63) is 58.1 Å². The Morgan fingerprint density at radius 3 is 2.80 bits per heavy atom. The van der Waals surface area contributed by atoms with E-state index >= 15 is 0 Å². The molecule has 2 heterocycles. The highest BCUT2D eigenvalue weighted by atomic mass is 35.5. The topological polar surface area (TPSA) is 71.0 Å². The van der Waals surface area contributed by atoms with E-state index in [9.17, 15) is 10.2 Å². The monoisotopic (exact) mass is 429 g/mol. The number of halogens is 1. The molecule has 30 heavy (non-hydrogen) atoms. The van der Waals surface area contributed by atoms with Crippen LogP contribution in [0.1, 0.15) is 55.4 Å². The highest BCUT2D eigenvalue weighted by Crippen LogP contribution is 2.46. The number of hydrogen-bond acceptors (Lipinski definition) is 5. The van der Waals surface area contributed by atoms with Gasteiger partial charge in [0.1, 0.15) is 11.4 Å². The lowest BCUT2D eigenvalue weighted by Crippen LogP contribution is -2.37. The van der Waals surface area contributed by atoms with Crippen LogP contribution in [0.2, 0.25) is 5.02 Å². The highest BCUT2D eigenvalue weighted by Gasteiger charge is 2.47. The number of fused-ring (bicyclic) bond motifs is 1. The van der Waals surface area contributed by atoms with Crippen LogP contribution < -0.4 is 10.1 Å². The summed E-state index contributed by atoms with van der Waals surface area (Å²) in [5.74, 6) is 0.927. The molecule has 1 aliphatic carbocycles. The zero-order valence-corrected chi connectivity index (χ0v) is 17.9. The summed E-state index contributed by atoms with van der Waals surface area (Å²) < 4.78 is 12.2. The fourth-order valence-corrected chi connectivity index (χ4v) is 4.65. The van der Waals surface area contributed by atoms with Gasteiger partial charge in [-0.15, -0.1) is 0 Å². The lowest BCUT2D eigenvalue weighted by molar-refractivity contribution is -0.135. The summed E-state index contributed by atoms with van der Waals surface area (Å²) in [6.45, 7) is 2.57. The second kappa shape index (κ2) is 7.72. The van der Waals surface area contributed by atoms with Gasteiger partial charge in [0.25, 0.3) is 0 Å². The molecule has 2 aromatic rings. The average molecular weight is 430 g/mol. The molecule has 1 saturated heterocycles. The first kappa shape index (κ1) is 20.1. The number of aliphatic hydroxyl groups is 2.